The van der Waals surface area contributed by atoms with Crippen molar-refractivity contribution in [2.45, 2.75) is 19.4 Å². The van der Waals surface area contributed by atoms with E-state index in [0.717, 1.165) is 31.0 Å². The lowest BCUT2D eigenvalue weighted by Gasteiger charge is -2.31. The van der Waals surface area contributed by atoms with Gasteiger partial charge in [0.15, 0.2) is 17.2 Å². The van der Waals surface area contributed by atoms with Gasteiger partial charge in [-0.3, -0.25) is 4.79 Å². The number of anilines is 3. The lowest BCUT2D eigenvalue weighted by molar-refractivity contribution is 0.0953. The molecule has 0 bridgehead atoms. The van der Waals surface area contributed by atoms with Crippen LogP contribution in [0, 0.1) is 11.8 Å². The third kappa shape index (κ3) is 5.98. The predicted octanol–water partition coefficient (Wildman–Crippen LogP) is 2.15. The molecule has 0 radical (unpaired) electrons. The number of carbonyl (C=O) groups excluding carboxylic acids is 1. The van der Waals surface area contributed by atoms with Crippen molar-refractivity contribution in [1.82, 2.24) is 40.1 Å². The number of fused-ring (bicyclic) bond motifs is 1. The van der Waals surface area contributed by atoms with Crippen LogP contribution in [0.15, 0.2) is 67.1 Å². The van der Waals surface area contributed by atoms with E-state index in [9.17, 15) is 9.90 Å². The zero-order valence-corrected chi connectivity index (χ0v) is 23.4. The topological polar surface area (TPSA) is 164 Å². The fraction of sp³-hybridized carbons (Fsp3) is 0.233. The van der Waals surface area contributed by atoms with Crippen molar-refractivity contribution in [2.24, 2.45) is 0 Å². The minimum Gasteiger partial charge on any atom is -0.507 e. The molecule has 1 fully saturated rings. The zero-order chi connectivity index (χ0) is 29.8. The van der Waals surface area contributed by atoms with E-state index in [1.54, 1.807) is 53.4 Å². The number of carbonyl (C=O) groups is 1. The average Bonchev–Trinajstić information content (AvgIpc) is 3.37. The summed E-state index contributed by atoms with van der Waals surface area (Å²) in [6, 6.07) is 14.2. The SMILES string of the molecule is C[C@H]1CN(c2ccnc(C#CCNC(=O)c3cc4ncccn4n3)n2)CCCN1c1cc(-c2ccccc2O)nnc1N. The standard InChI is InChI=1S/C30H29N11O2/c1-20-19-39(14-6-15-40(20)24-17-22(36-37-29(24)31)21-7-2-3-8-25(21)42)27-10-13-32-26(35-27)9-4-11-34-30(43)23-18-28-33-12-5-16-41(28)38-23/h2-3,5,7-8,10,12-13,16-18,20,42H,6,11,14-15,19H2,1H3,(H2,31,37)(H,34,43)/t20-/m0/s1. The van der Waals surface area contributed by atoms with Gasteiger partial charge in [0.2, 0.25) is 5.82 Å². The minimum absolute atomic E-state index is 0.0701. The molecule has 1 amide bonds. The highest BCUT2D eigenvalue weighted by atomic mass is 16.3. The number of nitrogen functional groups attached to an aromatic ring is 1. The summed E-state index contributed by atoms with van der Waals surface area (Å²) in [5, 5.41) is 25.7. The van der Waals surface area contributed by atoms with Gasteiger partial charge in [0.25, 0.3) is 5.91 Å². The van der Waals surface area contributed by atoms with Crippen LogP contribution in [-0.2, 0) is 0 Å². The quantitative estimate of drug-likeness (QED) is 0.263. The van der Waals surface area contributed by atoms with Gasteiger partial charge in [-0.1, -0.05) is 18.1 Å². The molecule has 216 valence electrons. The highest BCUT2D eigenvalue weighted by molar-refractivity contribution is 5.93. The van der Waals surface area contributed by atoms with E-state index in [2.05, 4.69) is 64.1 Å². The van der Waals surface area contributed by atoms with Gasteiger partial charge >= 0.3 is 0 Å². The summed E-state index contributed by atoms with van der Waals surface area (Å²) in [6.45, 7) is 4.46. The molecule has 1 aliphatic rings. The number of rotatable bonds is 5. The summed E-state index contributed by atoms with van der Waals surface area (Å²) in [5.41, 5.74) is 9.07. The van der Waals surface area contributed by atoms with E-state index in [4.69, 9.17) is 5.73 Å². The molecule has 43 heavy (non-hydrogen) atoms. The monoisotopic (exact) mass is 575 g/mol. The van der Waals surface area contributed by atoms with Crippen molar-refractivity contribution < 1.29 is 9.90 Å². The Morgan fingerprint density at radius 1 is 1.12 bits per heavy atom. The molecule has 0 saturated carbocycles. The first kappa shape index (κ1) is 27.4. The first-order valence-electron chi connectivity index (χ1n) is 13.8. The largest absolute Gasteiger partial charge is 0.507 e. The lowest BCUT2D eigenvalue weighted by atomic mass is 10.1. The van der Waals surface area contributed by atoms with Crippen molar-refractivity contribution in [3.8, 4) is 28.8 Å². The molecule has 4 aromatic heterocycles. The highest BCUT2D eigenvalue weighted by Gasteiger charge is 2.25. The Bertz CT molecular complexity index is 1810. The number of aromatic nitrogens is 7. The van der Waals surface area contributed by atoms with Crippen LogP contribution in [0.5, 0.6) is 5.75 Å². The van der Waals surface area contributed by atoms with E-state index < -0.39 is 0 Å². The Balaban J connectivity index is 1.12. The van der Waals surface area contributed by atoms with E-state index in [1.807, 2.05) is 18.2 Å². The van der Waals surface area contributed by atoms with Gasteiger partial charge in [0.1, 0.15) is 11.6 Å². The van der Waals surface area contributed by atoms with E-state index in [-0.39, 0.29) is 29.9 Å². The second-order valence-electron chi connectivity index (χ2n) is 10.0. The molecule has 1 aliphatic heterocycles. The number of amides is 1. The molecular formula is C30H29N11O2. The van der Waals surface area contributed by atoms with Crippen LogP contribution >= 0.6 is 0 Å². The average molecular weight is 576 g/mol. The Morgan fingerprint density at radius 3 is 2.86 bits per heavy atom. The highest BCUT2D eigenvalue weighted by Crippen LogP contribution is 2.33. The Morgan fingerprint density at radius 2 is 2.00 bits per heavy atom. The third-order valence-corrected chi connectivity index (χ3v) is 7.11. The molecule has 13 nitrogen and oxygen atoms in total. The van der Waals surface area contributed by atoms with Gasteiger partial charge in [0, 0.05) is 55.9 Å². The summed E-state index contributed by atoms with van der Waals surface area (Å²) < 4.78 is 1.54. The molecule has 0 aliphatic carbocycles. The maximum atomic E-state index is 12.5. The van der Waals surface area contributed by atoms with Gasteiger partial charge in [-0.2, -0.15) is 5.10 Å². The molecule has 1 saturated heterocycles. The fourth-order valence-corrected chi connectivity index (χ4v) is 5.04. The number of phenols is 1. The molecule has 0 spiro atoms. The van der Waals surface area contributed by atoms with Gasteiger partial charge < -0.3 is 26.0 Å². The second-order valence-corrected chi connectivity index (χ2v) is 10.0. The maximum absolute atomic E-state index is 12.5. The molecule has 5 heterocycles. The number of benzene rings is 1. The number of nitrogens with one attached hydrogen (secondary N) is 1. The number of nitrogens with zero attached hydrogens (tertiary/aromatic N) is 9. The summed E-state index contributed by atoms with van der Waals surface area (Å²) in [5.74, 6) is 7.13. The van der Waals surface area contributed by atoms with Gasteiger partial charge in [-0.25, -0.2) is 19.5 Å². The number of hydrogen-bond donors (Lipinski definition) is 3. The van der Waals surface area contributed by atoms with Crippen LogP contribution < -0.4 is 20.9 Å². The van der Waals surface area contributed by atoms with Crippen molar-refractivity contribution in [3.63, 3.8) is 0 Å². The number of phenolic OH excluding ortho intramolecular Hbond substituents is 1. The Hall–Kier alpha value is -5.77. The van der Waals surface area contributed by atoms with Crippen molar-refractivity contribution in [1.29, 1.82) is 0 Å². The smallest absolute Gasteiger partial charge is 0.272 e. The molecule has 4 N–H and O–H groups in total. The first-order valence-corrected chi connectivity index (χ1v) is 13.8. The number of nitrogens with two attached hydrogens (primary N) is 1. The Labute approximate surface area is 247 Å². The van der Waals surface area contributed by atoms with Crippen molar-refractivity contribution in [3.05, 3.63) is 78.6 Å². The van der Waals surface area contributed by atoms with E-state index in [0.29, 0.717) is 35.1 Å². The van der Waals surface area contributed by atoms with Crippen molar-refractivity contribution >= 4 is 28.9 Å². The molecule has 13 heteroatoms. The summed E-state index contributed by atoms with van der Waals surface area (Å²) >= 11 is 0. The third-order valence-electron chi connectivity index (χ3n) is 7.11. The summed E-state index contributed by atoms with van der Waals surface area (Å²) in [4.78, 5) is 30.0. The molecule has 6 rings (SSSR count). The van der Waals surface area contributed by atoms with Crippen LogP contribution in [0.3, 0.4) is 0 Å². The number of aromatic hydroxyl groups is 1. The van der Waals surface area contributed by atoms with Gasteiger partial charge in [0.05, 0.1) is 17.9 Å². The molecule has 1 atom stereocenters. The van der Waals surface area contributed by atoms with E-state index >= 15 is 0 Å². The van der Waals surface area contributed by atoms with Crippen LogP contribution in [0.1, 0.15) is 29.7 Å². The normalized spacial score (nSPS) is 15.0. The maximum Gasteiger partial charge on any atom is 0.272 e. The molecule has 0 unspecified atom stereocenters. The van der Waals surface area contributed by atoms with Gasteiger partial charge in [-0.15, -0.1) is 10.2 Å². The fourth-order valence-electron chi connectivity index (χ4n) is 5.04. The number of para-hydroxylation sites is 1. The van der Waals surface area contributed by atoms with Crippen molar-refractivity contribution in [2.75, 3.05) is 41.7 Å². The first-order chi connectivity index (χ1) is 21.0. The van der Waals surface area contributed by atoms with Crippen LogP contribution in [0.2, 0.25) is 0 Å². The zero-order valence-electron chi connectivity index (χ0n) is 23.4. The lowest BCUT2D eigenvalue weighted by Crippen LogP contribution is -2.40. The summed E-state index contributed by atoms with van der Waals surface area (Å²) in [6.07, 6.45) is 5.91. The second kappa shape index (κ2) is 12.0. The predicted molar refractivity (Wildman–Crippen MR) is 161 cm³/mol. The van der Waals surface area contributed by atoms with Crippen LogP contribution in [-0.4, -0.2) is 78.0 Å². The van der Waals surface area contributed by atoms with Crippen LogP contribution in [0.25, 0.3) is 16.9 Å². The van der Waals surface area contributed by atoms with Crippen LogP contribution in [0.4, 0.5) is 17.3 Å². The number of hydrogen-bond acceptors (Lipinski definition) is 11. The van der Waals surface area contributed by atoms with Gasteiger partial charge in [-0.05, 0) is 49.6 Å². The Kier molecular flexibility index (Phi) is 7.64. The molecule has 1 aromatic carbocycles. The molecular weight excluding hydrogens is 546 g/mol. The summed E-state index contributed by atoms with van der Waals surface area (Å²) in [7, 11) is 0. The van der Waals surface area contributed by atoms with E-state index in [1.165, 1.54) is 0 Å². The molecule has 5 aromatic rings. The minimum atomic E-state index is -0.338.